The molecule has 1 aromatic heterocycles. The lowest BCUT2D eigenvalue weighted by atomic mass is 10.1. The molecule has 0 amide bonds. The Balaban J connectivity index is 1.56. The van der Waals surface area contributed by atoms with Gasteiger partial charge in [0.25, 0.3) is 0 Å². The van der Waals surface area contributed by atoms with Crippen molar-refractivity contribution in [3.63, 3.8) is 0 Å². The average molecular weight is 415 g/mol. The van der Waals surface area contributed by atoms with Gasteiger partial charge in [-0.15, -0.1) is 10.2 Å². The summed E-state index contributed by atoms with van der Waals surface area (Å²) in [4.78, 5) is 0.268. The number of hydrogen-bond acceptors (Lipinski definition) is 5. The molecule has 0 bridgehead atoms. The van der Waals surface area contributed by atoms with Gasteiger partial charge in [-0.1, -0.05) is 6.07 Å². The molecule has 1 N–H and O–H groups in total. The summed E-state index contributed by atoms with van der Waals surface area (Å²) in [5.74, 6) is -0.0440. The van der Waals surface area contributed by atoms with Crippen molar-refractivity contribution < 1.29 is 17.5 Å². The number of halogens is 1. The minimum atomic E-state index is -3.63. The van der Waals surface area contributed by atoms with E-state index in [4.69, 9.17) is 4.74 Å². The number of sulfonamides is 1. The van der Waals surface area contributed by atoms with Crippen LogP contribution in [0.25, 0.3) is 11.3 Å². The van der Waals surface area contributed by atoms with E-state index in [0.29, 0.717) is 11.3 Å². The minimum absolute atomic E-state index is 0.0933. The van der Waals surface area contributed by atoms with Gasteiger partial charge in [-0.25, -0.2) is 17.5 Å². The molecule has 1 heterocycles. The Kier molecular flexibility index (Phi) is 6.24. The smallest absolute Gasteiger partial charge is 0.240 e. The summed E-state index contributed by atoms with van der Waals surface area (Å²) < 4.78 is 46.0. The van der Waals surface area contributed by atoms with Crippen LogP contribution in [0.2, 0.25) is 0 Å². The zero-order chi connectivity index (χ0) is 21.0. The quantitative estimate of drug-likeness (QED) is 0.597. The molecule has 0 saturated heterocycles. The van der Waals surface area contributed by atoms with Crippen LogP contribution in [0.1, 0.15) is 16.7 Å². The molecule has 0 atom stereocenters. The average Bonchev–Trinajstić information content (AvgIpc) is 2.69. The molecule has 152 valence electrons. The predicted octanol–water partition coefficient (Wildman–Crippen LogP) is 3.57. The van der Waals surface area contributed by atoms with Crippen LogP contribution in [0, 0.1) is 26.6 Å². The fourth-order valence-corrected chi connectivity index (χ4v) is 4.13. The number of aryl methyl sites for hydroxylation is 3. The van der Waals surface area contributed by atoms with Gasteiger partial charge in [-0.05, 0) is 73.9 Å². The van der Waals surface area contributed by atoms with Crippen molar-refractivity contribution in [1.29, 1.82) is 0 Å². The van der Waals surface area contributed by atoms with Crippen LogP contribution in [0.4, 0.5) is 4.39 Å². The van der Waals surface area contributed by atoms with Crippen LogP contribution < -0.4 is 9.46 Å². The van der Waals surface area contributed by atoms with Crippen molar-refractivity contribution in [2.24, 2.45) is 0 Å². The van der Waals surface area contributed by atoms with Gasteiger partial charge < -0.3 is 4.74 Å². The molecule has 0 aliphatic carbocycles. The van der Waals surface area contributed by atoms with E-state index in [1.807, 2.05) is 19.9 Å². The fourth-order valence-electron chi connectivity index (χ4n) is 2.80. The molecule has 0 spiro atoms. The third kappa shape index (κ3) is 5.16. The third-order valence-corrected chi connectivity index (χ3v) is 6.11. The van der Waals surface area contributed by atoms with E-state index in [-0.39, 0.29) is 29.7 Å². The zero-order valence-corrected chi connectivity index (χ0v) is 17.3. The summed E-state index contributed by atoms with van der Waals surface area (Å²) in [6, 6.07) is 12.8. The van der Waals surface area contributed by atoms with E-state index in [9.17, 15) is 12.8 Å². The van der Waals surface area contributed by atoms with E-state index in [1.165, 1.54) is 12.1 Å². The van der Waals surface area contributed by atoms with Crippen molar-refractivity contribution >= 4 is 10.0 Å². The van der Waals surface area contributed by atoms with Crippen LogP contribution in [0.15, 0.2) is 53.4 Å². The molecule has 0 fully saturated rings. The molecule has 0 aliphatic heterocycles. The van der Waals surface area contributed by atoms with Crippen molar-refractivity contribution in [3.05, 3.63) is 71.0 Å². The second-order valence-corrected chi connectivity index (χ2v) is 8.45. The van der Waals surface area contributed by atoms with Crippen molar-refractivity contribution in [1.82, 2.24) is 14.9 Å². The summed E-state index contributed by atoms with van der Waals surface area (Å²) in [5, 5.41) is 8.01. The third-order valence-electron chi connectivity index (χ3n) is 4.50. The maximum absolute atomic E-state index is 13.0. The van der Waals surface area contributed by atoms with Crippen molar-refractivity contribution in [2.75, 3.05) is 13.2 Å². The molecular formula is C21H22FN3O3S. The number of aromatic nitrogens is 2. The molecular weight excluding hydrogens is 393 g/mol. The summed E-state index contributed by atoms with van der Waals surface area (Å²) in [6.45, 7) is 5.80. The van der Waals surface area contributed by atoms with Gasteiger partial charge in [-0.2, -0.15) is 0 Å². The largest absolute Gasteiger partial charge is 0.475 e. The molecule has 3 rings (SSSR count). The van der Waals surface area contributed by atoms with Crippen LogP contribution in [0.5, 0.6) is 5.88 Å². The maximum atomic E-state index is 13.0. The first kappa shape index (κ1) is 20.9. The Bertz CT molecular complexity index is 1100. The topological polar surface area (TPSA) is 81.2 Å². The van der Waals surface area contributed by atoms with Crippen LogP contribution in [-0.2, 0) is 10.0 Å². The first-order chi connectivity index (χ1) is 13.8. The van der Waals surface area contributed by atoms with Crippen molar-refractivity contribution in [2.45, 2.75) is 25.7 Å². The zero-order valence-electron chi connectivity index (χ0n) is 16.4. The Morgan fingerprint density at radius 2 is 1.62 bits per heavy atom. The fraction of sp³-hybridized carbons (Fsp3) is 0.238. The van der Waals surface area contributed by atoms with Crippen LogP contribution in [0.3, 0.4) is 0 Å². The van der Waals surface area contributed by atoms with E-state index in [2.05, 4.69) is 14.9 Å². The number of nitrogens with zero attached hydrogens (tertiary/aromatic N) is 2. The van der Waals surface area contributed by atoms with E-state index in [1.54, 1.807) is 37.3 Å². The molecule has 6 nitrogen and oxygen atoms in total. The lowest BCUT2D eigenvalue weighted by molar-refractivity contribution is 0.307. The van der Waals surface area contributed by atoms with Gasteiger partial charge in [0.05, 0.1) is 10.6 Å². The van der Waals surface area contributed by atoms with Gasteiger partial charge in [0.2, 0.25) is 15.9 Å². The SMILES string of the molecule is Cc1cc(C)c(S(=O)(=O)NCCOc2ccc(-c3ccc(F)cc3)nn2)cc1C. The number of rotatable bonds is 7. The first-order valence-electron chi connectivity index (χ1n) is 9.06. The Hall–Kier alpha value is -2.84. The molecule has 29 heavy (non-hydrogen) atoms. The van der Waals surface area contributed by atoms with Gasteiger partial charge >= 0.3 is 0 Å². The van der Waals surface area contributed by atoms with E-state index >= 15 is 0 Å². The van der Waals surface area contributed by atoms with Gasteiger partial charge in [-0.3, -0.25) is 0 Å². The molecule has 0 saturated carbocycles. The molecule has 0 aliphatic rings. The minimum Gasteiger partial charge on any atom is -0.475 e. The molecule has 0 unspecified atom stereocenters. The second kappa shape index (κ2) is 8.67. The first-order valence-corrected chi connectivity index (χ1v) is 10.5. The summed E-state index contributed by atoms with van der Waals surface area (Å²) in [6.07, 6.45) is 0. The maximum Gasteiger partial charge on any atom is 0.240 e. The Labute approximate surface area is 169 Å². The van der Waals surface area contributed by atoms with Gasteiger partial charge in [0, 0.05) is 18.2 Å². The highest BCUT2D eigenvalue weighted by Crippen LogP contribution is 2.20. The lowest BCUT2D eigenvalue weighted by Crippen LogP contribution is -2.29. The van der Waals surface area contributed by atoms with E-state index in [0.717, 1.165) is 16.7 Å². The van der Waals surface area contributed by atoms with E-state index < -0.39 is 10.0 Å². The highest BCUT2D eigenvalue weighted by Gasteiger charge is 2.17. The number of nitrogens with one attached hydrogen (secondary N) is 1. The highest BCUT2D eigenvalue weighted by atomic mass is 32.2. The van der Waals surface area contributed by atoms with Gasteiger partial charge in [0.15, 0.2) is 0 Å². The number of ether oxygens (including phenoxy) is 1. The number of hydrogen-bond donors (Lipinski definition) is 1. The Morgan fingerprint density at radius 3 is 2.28 bits per heavy atom. The van der Waals surface area contributed by atoms with Crippen LogP contribution in [-0.4, -0.2) is 31.8 Å². The van der Waals surface area contributed by atoms with Gasteiger partial charge in [0.1, 0.15) is 12.4 Å². The summed E-state index contributed by atoms with van der Waals surface area (Å²) in [7, 11) is -3.63. The standard InChI is InChI=1S/C21H22FN3O3S/c1-14-12-16(3)20(13-15(14)2)29(26,27)23-10-11-28-21-9-8-19(24-25-21)17-4-6-18(22)7-5-17/h4-9,12-13,23H,10-11H2,1-3H3. The monoisotopic (exact) mass is 415 g/mol. The molecule has 0 radical (unpaired) electrons. The normalized spacial score (nSPS) is 11.4. The summed E-state index contributed by atoms with van der Waals surface area (Å²) in [5.41, 5.74) is 3.99. The predicted molar refractivity (Wildman–Crippen MR) is 109 cm³/mol. The number of benzene rings is 2. The lowest BCUT2D eigenvalue weighted by Gasteiger charge is -2.12. The second-order valence-electron chi connectivity index (χ2n) is 6.71. The van der Waals surface area contributed by atoms with Crippen molar-refractivity contribution in [3.8, 4) is 17.1 Å². The highest BCUT2D eigenvalue weighted by molar-refractivity contribution is 7.89. The van der Waals surface area contributed by atoms with Crippen LogP contribution >= 0.6 is 0 Å². The molecule has 3 aromatic rings. The molecule has 2 aromatic carbocycles. The summed E-state index contributed by atoms with van der Waals surface area (Å²) >= 11 is 0. The Morgan fingerprint density at radius 1 is 0.931 bits per heavy atom. The molecule has 8 heteroatoms.